The molecule has 70 heavy (non-hydrogen) atoms. The fraction of sp³-hybridized carbons (Fsp3) is 0.703. The number of hydrogen-bond acceptors (Lipinski definition) is 6. The first-order valence-electron chi connectivity index (χ1n) is 29.2. The highest BCUT2D eigenvalue weighted by atomic mass is 16.6. The molecule has 6 heteroatoms. The van der Waals surface area contributed by atoms with Crippen LogP contribution in [0.2, 0.25) is 0 Å². The zero-order valence-electron chi connectivity index (χ0n) is 45.8. The summed E-state index contributed by atoms with van der Waals surface area (Å²) in [5.41, 5.74) is 0. The minimum atomic E-state index is -0.798. The van der Waals surface area contributed by atoms with Gasteiger partial charge >= 0.3 is 17.9 Å². The maximum atomic E-state index is 12.9. The molecule has 0 rings (SSSR count). The molecule has 0 aliphatic rings. The van der Waals surface area contributed by atoms with Crippen molar-refractivity contribution in [3.63, 3.8) is 0 Å². The quantitative estimate of drug-likeness (QED) is 0.0262. The number of rotatable bonds is 52. The Hall–Kier alpha value is -3.67. The van der Waals surface area contributed by atoms with E-state index in [0.29, 0.717) is 19.3 Å². The molecule has 0 N–H and O–H groups in total. The molecular formula is C64H108O6. The molecular weight excluding hydrogens is 865 g/mol. The summed E-state index contributed by atoms with van der Waals surface area (Å²) in [5, 5.41) is 0. The van der Waals surface area contributed by atoms with Crippen molar-refractivity contribution in [2.45, 2.75) is 277 Å². The van der Waals surface area contributed by atoms with E-state index >= 15 is 0 Å². The van der Waals surface area contributed by atoms with Crippen molar-refractivity contribution in [1.29, 1.82) is 0 Å². The molecule has 6 nitrogen and oxygen atoms in total. The Morgan fingerprint density at radius 1 is 0.300 bits per heavy atom. The Bertz CT molecular complexity index is 1400. The highest BCUT2D eigenvalue weighted by Crippen LogP contribution is 2.15. The van der Waals surface area contributed by atoms with E-state index < -0.39 is 6.10 Å². The number of carbonyl (C=O) groups excluding carboxylic acids is 3. The van der Waals surface area contributed by atoms with Crippen LogP contribution >= 0.6 is 0 Å². The SMILES string of the molecule is CC/C=C\C/C=C\C/C=C\C/C=C\CCCCCCC(=O)OC(COC(=O)CCCCCCCCC/C=C\C/C=C\C/C=C\CC)COC(=O)CCCCCCCCC/C=C\CCCCCCCCC. The lowest BCUT2D eigenvalue weighted by Crippen LogP contribution is -2.30. The maximum Gasteiger partial charge on any atom is 0.306 e. The van der Waals surface area contributed by atoms with Gasteiger partial charge in [0.2, 0.25) is 0 Å². The number of hydrogen-bond donors (Lipinski definition) is 0. The predicted octanol–water partition coefficient (Wildman–Crippen LogP) is 19.7. The highest BCUT2D eigenvalue weighted by Gasteiger charge is 2.19. The summed E-state index contributed by atoms with van der Waals surface area (Å²) in [6, 6.07) is 0. The molecule has 0 aliphatic carbocycles. The van der Waals surface area contributed by atoms with E-state index in [2.05, 4.69) is 118 Å². The van der Waals surface area contributed by atoms with E-state index in [4.69, 9.17) is 14.2 Å². The van der Waals surface area contributed by atoms with Gasteiger partial charge in [0.15, 0.2) is 6.10 Å². The molecule has 0 amide bonds. The highest BCUT2D eigenvalue weighted by molar-refractivity contribution is 5.71. The lowest BCUT2D eigenvalue weighted by molar-refractivity contribution is -0.167. The fourth-order valence-electron chi connectivity index (χ4n) is 7.97. The van der Waals surface area contributed by atoms with E-state index in [1.165, 1.54) is 109 Å². The molecule has 0 saturated heterocycles. The average Bonchev–Trinajstić information content (AvgIpc) is 3.36. The van der Waals surface area contributed by atoms with Crippen LogP contribution < -0.4 is 0 Å². The Kier molecular flexibility index (Phi) is 54.9. The van der Waals surface area contributed by atoms with Crippen LogP contribution in [0.15, 0.2) is 97.2 Å². The van der Waals surface area contributed by atoms with Crippen LogP contribution in [0.5, 0.6) is 0 Å². The second kappa shape index (κ2) is 57.9. The van der Waals surface area contributed by atoms with Crippen molar-refractivity contribution in [2.75, 3.05) is 13.2 Å². The lowest BCUT2D eigenvalue weighted by atomic mass is 10.1. The lowest BCUT2D eigenvalue weighted by Gasteiger charge is -2.18. The third kappa shape index (κ3) is 55.3. The summed E-state index contributed by atoms with van der Waals surface area (Å²) in [5.74, 6) is -0.927. The molecule has 0 saturated carbocycles. The number of carbonyl (C=O) groups is 3. The molecule has 0 spiro atoms. The van der Waals surface area contributed by atoms with Crippen LogP contribution in [-0.2, 0) is 28.6 Å². The van der Waals surface area contributed by atoms with E-state index in [9.17, 15) is 14.4 Å². The van der Waals surface area contributed by atoms with Crippen molar-refractivity contribution in [3.05, 3.63) is 97.2 Å². The number of unbranched alkanes of at least 4 members (excludes halogenated alkanes) is 25. The maximum absolute atomic E-state index is 12.9. The normalized spacial score (nSPS) is 12.8. The smallest absolute Gasteiger partial charge is 0.306 e. The summed E-state index contributed by atoms with van der Waals surface area (Å²) in [6.45, 7) is 6.40. The summed E-state index contributed by atoms with van der Waals surface area (Å²) in [7, 11) is 0. The van der Waals surface area contributed by atoms with Crippen LogP contribution in [0.25, 0.3) is 0 Å². The molecule has 0 aromatic carbocycles. The van der Waals surface area contributed by atoms with Crippen LogP contribution in [0.4, 0.5) is 0 Å². The molecule has 0 fully saturated rings. The fourth-order valence-corrected chi connectivity index (χ4v) is 7.97. The molecule has 0 aromatic heterocycles. The van der Waals surface area contributed by atoms with E-state index in [1.807, 2.05) is 0 Å². The van der Waals surface area contributed by atoms with Gasteiger partial charge in [-0.15, -0.1) is 0 Å². The second-order valence-corrected chi connectivity index (χ2v) is 19.1. The van der Waals surface area contributed by atoms with Gasteiger partial charge < -0.3 is 14.2 Å². The minimum absolute atomic E-state index is 0.0933. The van der Waals surface area contributed by atoms with Gasteiger partial charge in [-0.05, 0) is 116 Å². The molecule has 0 aliphatic heterocycles. The zero-order chi connectivity index (χ0) is 50.7. The third-order valence-corrected chi connectivity index (χ3v) is 12.3. The van der Waals surface area contributed by atoms with Crippen LogP contribution in [0.1, 0.15) is 271 Å². The summed E-state index contributed by atoms with van der Waals surface area (Å²) in [6.07, 6.45) is 76.8. The summed E-state index contributed by atoms with van der Waals surface area (Å²) >= 11 is 0. The minimum Gasteiger partial charge on any atom is -0.462 e. The average molecular weight is 974 g/mol. The first-order valence-corrected chi connectivity index (χ1v) is 29.2. The number of allylic oxidation sites excluding steroid dienone is 16. The van der Waals surface area contributed by atoms with Crippen molar-refractivity contribution in [1.82, 2.24) is 0 Å². The standard InChI is InChI=1S/C64H108O6/c1-4-7-10-13-16-19-22-25-28-31-34-36-39-42-45-48-51-54-57-63(66)69-60-61(70-64(67)58-55-52-49-46-43-40-37-33-30-27-24-21-18-15-12-9-6-3)59-68-62(65)56-53-50-47-44-41-38-35-32-29-26-23-20-17-14-11-8-5-2/h8-9,11-12,17-18,20-21,26-31,37,40,61H,4-7,10,13-16,19,22-25,32-36,38-39,41-60H2,1-3H3/b11-8-,12-9-,20-17-,21-18-,29-26-,30-27-,31-28-,40-37-. The molecule has 0 aromatic rings. The Balaban J connectivity index is 4.45. The van der Waals surface area contributed by atoms with Crippen molar-refractivity contribution < 1.29 is 28.6 Å². The molecule has 1 atom stereocenters. The molecule has 400 valence electrons. The van der Waals surface area contributed by atoms with Crippen LogP contribution in [0.3, 0.4) is 0 Å². The van der Waals surface area contributed by atoms with Gasteiger partial charge in [0, 0.05) is 19.3 Å². The van der Waals surface area contributed by atoms with E-state index in [0.717, 1.165) is 122 Å². The second-order valence-electron chi connectivity index (χ2n) is 19.1. The molecule has 0 heterocycles. The third-order valence-electron chi connectivity index (χ3n) is 12.3. The van der Waals surface area contributed by atoms with Crippen molar-refractivity contribution in [2.24, 2.45) is 0 Å². The van der Waals surface area contributed by atoms with Crippen molar-refractivity contribution in [3.8, 4) is 0 Å². The van der Waals surface area contributed by atoms with E-state index in [1.54, 1.807) is 0 Å². The van der Waals surface area contributed by atoms with E-state index in [-0.39, 0.29) is 31.1 Å². The van der Waals surface area contributed by atoms with Gasteiger partial charge in [-0.2, -0.15) is 0 Å². The van der Waals surface area contributed by atoms with Gasteiger partial charge in [-0.3, -0.25) is 14.4 Å². The van der Waals surface area contributed by atoms with Gasteiger partial charge in [0.25, 0.3) is 0 Å². The largest absolute Gasteiger partial charge is 0.462 e. The topological polar surface area (TPSA) is 78.9 Å². The monoisotopic (exact) mass is 973 g/mol. The van der Waals surface area contributed by atoms with Gasteiger partial charge in [0.05, 0.1) is 0 Å². The van der Waals surface area contributed by atoms with Crippen LogP contribution in [0, 0.1) is 0 Å². The predicted molar refractivity (Wildman–Crippen MR) is 302 cm³/mol. The summed E-state index contributed by atoms with van der Waals surface area (Å²) in [4.78, 5) is 38.2. The van der Waals surface area contributed by atoms with Crippen LogP contribution in [-0.4, -0.2) is 37.2 Å². The van der Waals surface area contributed by atoms with Gasteiger partial charge in [0.1, 0.15) is 13.2 Å². The van der Waals surface area contributed by atoms with Gasteiger partial charge in [-0.25, -0.2) is 0 Å². The Morgan fingerprint density at radius 2 is 0.557 bits per heavy atom. The first-order chi connectivity index (χ1) is 34.5. The molecule has 1 unspecified atom stereocenters. The summed E-state index contributed by atoms with van der Waals surface area (Å²) < 4.78 is 16.9. The first kappa shape index (κ1) is 66.3. The van der Waals surface area contributed by atoms with Crippen molar-refractivity contribution >= 4 is 17.9 Å². The van der Waals surface area contributed by atoms with Gasteiger partial charge in [-0.1, -0.05) is 234 Å². The molecule has 0 radical (unpaired) electrons. The number of ether oxygens (including phenoxy) is 3. The zero-order valence-corrected chi connectivity index (χ0v) is 45.8. The Labute approximate surface area is 432 Å². The molecule has 0 bridgehead atoms. The Morgan fingerprint density at radius 3 is 0.886 bits per heavy atom. The number of esters is 3.